The van der Waals surface area contributed by atoms with Crippen molar-refractivity contribution in [3.05, 3.63) is 40.7 Å². The van der Waals surface area contributed by atoms with Gasteiger partial charge >= 0.3 is 6.08 Å². The van der Waals surface area contributed by atoms with Gasteiger partial charge in [-0.25, -0.2) is 0 Å². The third-order valence-corrected chi connectivity index (χ3v) is 3.94. The Morgan fingerprint density at radius 3 is 2.77 bits per heavy atom. The molecule has 1 aromatic carbocycles. The van der Waals surface area contributed by atoms with Gasteiger partial charge < -0.3 is 4.74 Å². The highest BCUT2D eigenvalue weighted by Crippen LogP contribution is 2.22. The van der Waals surface area contributed by atoms with E-state index in [1.54, 1.807) is 0 Å². The van der Waals surface area contributed by atoms with E-state index in [1.165, 1.54) is 24.0 Å². The molecule has 0 saturated heterocycles. The zero-order chi connectivity index (χ0) is 15.5. The lowest BCUT2D eigenvalue weighted by Gasteiger charge is -2.16. The number of ether oxygens (including phenoxy) is 1. The van der Waals surface area contributed by atoms with E-state index in [9.17, 15) is 4.79 Å². The molecule has 116 valence electrons. The van der Waals surface area contributed by atoms with Crippen molar-refractivity contribution < 1.29 is 14.1 Å². The van der Waals surface area contributed by atoms with Crippen LogP contribution in [0.4, 0.5) is 0 Å². The number of benzene rings is 1. The van der Waals surface area contributed by atoms with Gasteiger partial charge in [0.05, 0.1) is 0 Å². The predicted octanol–water partition coefficient (Wildman–Crippen LogP) is 3.33. The Morgan fingerprint density at radius 2 is 2.05 bits per heavy atom. The van der Waals surface area contributed by atoms with Crippen LogP contribution in [0.15, 0.2) is 22.7 Å². The molecule has 1 aliphatic rings. The first-order valence-corrected chi connectivity index (χ1v) is 7.75. The molecule has 0 aliphatic heterocycles. The molecule has 0 radical (unpaired) electrons. The highest BCUT2D eigenvalue weighted by atomic mass is 16.6. The van der Waals surface area contributed by atoms with E-state index < -0.39 is 0 Å². The van der Waals surface area contributed by atoms with E-state index in [0.29, 0.717) is 11.4 Å². The number of hydrogen-bond donors (Lipinski definition) is 0. The number of aryl methyl sites for hydroxylation is 2. The average Bonchev–Trinajstić information content (AvgIpc) is 3.01. The summed E-state index contributed by atoms with van der Waals surface area (Å²) >= 11 is 0. The minimum Gasteiger partial charge on any atom is -0.440 e. The minimum absolute atomic E-state index is 0.0509. The summed E-state index contributed by atoms with van der Waals surface area (Å²) < 4.78 is 10.3. The Bertz CT molecular complexity index is 676. The molecule has 22 heavy (non-hydrogen) atoms. The topological polar surface area (TPSA) is 65.2 Å². The molecule has 5 nitrogen and oxygen atoms in total. The van der Waals surface area contributed by atoms with Crippen LogP contribution in [0.1, 0.15) is 59.9 Å². The van der Waals surface area contributed by atoms with Crippen molar-refractivity contribution in [2.75, 3.05) is 6.61 Å². The SMILES string of the molecule is CC(C)c1noc(OCC(=O)c2ccc3c(c2)CCCC3)n1. The van der Waals surface area contributed by atoms with Crippen LogP contribution in [0.25, 0.3) is 0 Å². The number of hydrogen-bond acceptors (Lipinski definition) is 5. The number of rotatable bonds is 5. The molecule has 1 aromatic heterocycles. The summed E-state index contributed by atoms with van der Waals surface area (Å²) in [5, 5.41) is 3.80. The monoisotopic (exact) mass is 300 g/mol. The number of nitrogens with zero attached hydrogens (tertiary/aromatic N) is 2. The van der Waals surface area contributed by atoms with Crippen molar-refractivity contribution in [3.8, 4) is 6.08 Å². The molecule has 0 amide bonds. The van der Waals surface area contributed by atoms with Crippen LogP contribution < -0.4 is 4.74 Å². The Labute approximate surface area is 129 Å². The van der Waals surface area contributed by atoms with Crippen molar-refractivity contribution in [3.63, 3.8) is 0 Å². The van der Waals surface area contributed by atoms with Gasteiger partial charge in [0.2, 0.25) is 0 Å². The summed E-state index contributed by atoms with van der Waals surface area (Å²) in [6.45, 7) is 3.85. The Balaban J connectivity index is 1.64. The third-order valence-electron chi connectivity index (χ3n) is 3.94. The molecule has 0 spiro atoms. The van der Waals surface area contributed by atoms with E-state index in [1.807, 2.05) is 26.0 Å². The number of Topliss-reactive ketones (excluding diaryl/α,β-unsaturated/α-hetero) is 1. The summed E-state index contributed by atoms with van der Waals surface area (Å²) in [4.78, 5) is 16.3. The van der Waals surface area contributed by atoms with Crippen molar-refractivity contribution in [2.24, 2.45) is 0 Å². The highest BCUT2D eigenvalue weighted by Gasteiger charge is 2.15. The lowest BCUT2D eigenvalue weighted by Crippen LogP contribution is -2.13. The van der Waals surface area contributed by atoms with Gasteiger partial charge in [0.25, 0.3) is 0 Å². The second-order valence-corrected chi connectivity index (χ2v) is 5.98. The molecule has 0 fully saturated rings. The van der Waals surface area contributed by atoms with Crippen LogP contribution in [0.5, 0.6) is 6.08 Å². The third kappa shape index (κ3) is 3.18. The van der Waals surface area contributed by atoms with Gasteiger partial charge in [-0.1, -0.05) is 31.1 Å². The predicted molar refractivity (Wildman–Crippen MR) is 81.3 cm³/mol. The first-order valence-electron chi connectivity index (χ1n) is 7.75. The lowest BCUT2D eigenvalue weighted by molar-refractivity contribution is 0.0884. The zero-order valence-electron chi connectivity index (χ0n) is 13.0. The molecule has 0 saturated carbocycles. The lowest BCUT2D eigenvalue weighted by atomic mass is 9.90. The number of carbonyl (C=O) groups is 1. The van der Waals surface area contributed by atoms with Crippen molar-refractivity contribution in [1.29, 1.82) is 0 Å². The summed E-state index contributed by atoms with van der Waals surface area (Å²) in [5.74, 6) is 0.673. The molecule has 0 atom stereocenters. The van der Waals surface area contributed by atoms with E-state index >= 15 is 0 Å². The molecule has 0 bridgehead atoms. The highest BCUT2D eigenvalue weighted by molar-refractivity contribution is 5.97. The first kappa shape index (κ1) is 14.8. The van der Waals surface area contributed by atoms with Gasteiger partial charge in [0, 0.05) is 11.5 Å². The quantitative estimate of drug-likeness (QED) is 0.792. The van der Waals surface area contributed by atoms with E-state index in [4.69, 9.17) is 9.26 Å². The maximum Gasteiger partial charge on any atom is 0.417 e. The van der Waals surface area contributed by atoms with Gasteiger partial charge in [-0.15, -0.1) is 0 Å². The van der Waals surface area contributed by atoms with E-state index in [2.05, 4.69) is 16.2 Å². The largest absolute Gasteiger partial charge is 0.440 e. The normalized spacial score (nSPS) is 14.0. The summed E-state index contributed by atoms with van der Waals surface area (Å²) in [6.07, 6.45) is 4.65. The van der Waals surface area contributed by atoms with Gasteiger partial charge in [-0.2, -0.15) is 4.98 Å². The Kier molecular flexibility index (Phi) is 4.22. The number of fused-ring (bicyclic) bond motifs is 1. The minimum atomic E-state index is -0.0848. The van der Waals surface area contributed by atoms with Gasteiger partial charge in [0.1, 0.15) is 0 Å². The first-order chi connectivity index (χ1) is 10.6. The number of ketones is 1. The van der Waals surface area contributed by atoms with Gasteiger partial charge in [0.15, 0.2) is 18.2 Å². The second kappa shape index (κ2) is 6.30. The molecule has 5 heteroatoms. The maximum atomic E-state index is 12.2. The van der Waals surface area contributed by atoms with Crippen LogP contribution in [0.2, 0.25) is 0 Å². The standard InChI is InChI=1S/C17H20N2O3/c1-11(2)16-18-17(22-19-16)21-10-15(20)14-8-7-12-5-3-4-6-13(12)9-14/h7-9,11H,3-6,10H2,1-2H3. The van der Waals surface area contributed by atoms with Crippen molar-refractivity contribution in [2.45, 2.75) is 45.4 Å². The molecular weight excluding hydrogens is 280 g/mol. The molecule has 3 rings (SSSR count). The smallest absolute Gasteiger partial charge is 0.417 e. The van der Waals surface area contributed by atoms with Crippen LogP contribution >= 0.6 is 0 Å². The number of aromatic nitrogens is 2. The molecule has 0 unspecified atom stereocenters. The average molecular weight is 300 g/mol. The van der Waals surface area contributed by atoms with Crippen LogP contribution in [-0.4, -0.2) is 22.5 Å². The summed E-state index contributed by atoms with van der Waals surface area (Å²) in [5.41, 5.74) is 3.34. The zero-order valence-corrected chi connectivity index (χ0v) is 13.0. The Hall–Kier alpha value is -2.17. The molecular formula is C17H20N2O3. The van der Waals surface area contributed by atoms with E-state index in [0.717, 1.165) is 12.8 Å². The molecule has 1 heterocycles. The van der Waals surface area contributed by atoms with Crippen LogP contribution in [-0.2, 0) is 12.8 Å². The molecule has 1 aliphatic carbocycles. The maximum absolute atomic E-state index is 12.2. The fourth-order valence-corrected chi connectivity index (χ4v) is 2.63. The van der Waals surface area contributed by atoms with Crippen molar-refractivity contribution in [1.82, 2.24) is 10.1 Å². The van der Waals surface area contributed by atoms with Crippen LogP contribution in [0, 0.1) is 0 Å². The fourth-order valence-electron chi connectivity index (χ4n) is 2.63. The van der Waals surface area contributed by atoms with E-state index in [-0.39, 0.29) is 24.4 Å². The second-order valence-electron chi connectivity index (χ2n) is 5.98. The van der Waals surface area contributed by atoms with Crippen LogP contribution in [0.3, 0.4) is 0 Å². The summed E-state index contributed by atoms with van der Waals surface area (Å²) in [6, 6.07) is 5.93. The molecule has 0 N–H and O–H groups in total. The summed E-state index contributed by atoms with van der Waals surface area (Å²) in [7, 11) is 0. The molecule has 2 aromatic rings. The number of carbonyl (C=O) groups excluding carboxylic acids is 1. The van der Waals surface area contributed by atoms with Gasteiger partial charge in [-0.3, -0.25) is 9.32 Å². The van der Waals surface area contributed by atoms with Gasteiger partial charge in [-0.05, 0) is 42.9 Å². The van der Waals surface area contributed by atoms with Crippen molar-refractivity contribution >= 4 is 5.78 Å². The fraction of sp³-hybridized carbons (Fsp3) is 0.471. The Morgan fingerprint density at radius 1 is 1.27 bits per heavy atom.